The number of hydrogen-bond donors (Lipinski definition) is 1. The molecule has 5 rings (SSSR count). The fraction of sp³-hybridized carbons (Fsp3) is 0.520. The molecule has 2 saturated carbocycles. The average molecular weight is 441 g/mol. The third-order valence-corrected chi connectivity index (χ3v) is 8.27. The van der Waals surface area contributed by atoms with Gasteiger partial charge in [0, 0.05) is 29.2 Å². The Labute approximate surface area is 188 Å². The van der Waals surface area contributed by atoms with Gasteiger partial charge in [-0.2, -0.15) is 0 Å². The number of nitro benzene ring substituents is 1. The molecule has 3 aliphatic carbocycles. The molecule has 6 heteroatoms. The molecule has 5 nitrogen and oxygen atoms in total. The van der Waals surface area contributed by atoms with E-state index in [-0.39, 0.29) is 16.0 Å². The van der Waals surface area contributed by atoms with E-state index in [9.17, 15) is 10.1 Å². The number of anilines is 1. The molecule has 164 valence electrons. The summed E-state index contributed by atoms with van der Waals surface area (Å²) in [5, 5.41) is 14.8. The van der Waals surface area contributed by atoms with Crippen molar-refractivity contribution in [3.8, 4) is 5.75 Å². The lowest BCUT2D eigenvalue weighted by molar-refractivity contribution is -0.384. The lowest BCUT2D eigenvalue weighted by atomic mass is 9.55. The van der Waals surface area contributed by atoms with Crippen molar-refractivity contribution >= 4 is 23.0 Å². The first-order chi connectivity index (χ1) is 15.0. The molecular weight excluding hydrogens is 412 g/mol. The molecule has 2 aromatic rings. The number of halogens is 1. The minimum Gasteiger partial charge on any atom is -0.497 e. The molecule has 0 bridgehead atoms. The summed E-state index contributed by atoms with van der Waals surface area (Å²) in [4.78, 5) is 10.6. The Bertz CT molecular complexity index is 964. The molecule has 2 unspecified atom stereocenters. The number of ether oxygens (including phenoxy) is 1. The standard InChI is InChI=1S/C25H29ClN2O3/c1-31-19-7-9-20-15(12-19)2-8-22-21(20)10-11-23-24(22)13-16(26)14-25(23)27-17-3-5-18(6-4-17)28(29)30/h3-7,9,12,16,21-25,27H,2,8,10-11,13-14H2,1H3/t16?,21-,22-,23+,24+,25?/m1/s1. The van der Waals surface area contributed by atoms with Crippen molar-refractivity contribution in [3.05, 3.63) is 63.7 Å². The summed E-state index contributed by atoms with van der Waals surface area (Å²) in [6, 6.07) is 13.7. The van der Waals surface area contributed by atoms with Crippen LogP contribution in [0.25, 0.3) is 0 Å². The quantitative estimate of drug-likeness (QED) is 0.351. The average Bonchev–Trinajstić information content (AvgIpc) is 2.78. The summed E-state index contributed by atoms with van der Waals surface area (Å²) < 4.78 is 5.44. The second-order valence-electron chi connectivity index (χ2n) is 9.40. The SMILES string of the molecule is COc1ccc2c(c1)CC[C@H]1[C@@H]3CC(Cl)CC(Nc4ccc([N+](=O)[O-])cc4)[C@H]3CC[C@H]21. The second kappa shape index (κ2) is 8.34. The Morgan fingerprint density at radius 1 is 1.03 bits per heavy atom. The first-order valence-corrected chi connectivity index (χ1v) is 11.8. The van der Waals surface area contributed by atoms with Crippen LogP contribution in [0.15, 0.2) is 42.5 Å². The zero-order valence-corrected chi connectivity index (χ0v) is 18.6. The van der Waals surface area contributed by atoms with Crippen molar-refractivity contribution < 1.29 is 9.66 Å². The Hall–Kier alpha value is -2.27. The fourth-order valence-corrected chi connectivity index (χ4v) is 6.98. The maximum absolute atomic E-state index is 11.0. The van der Waals surface area contributed by atoms with E-state index in [1.165, 1.54) is 30.4 Å². The van der Waals surface area contributed by atoms with Crippen LogP contribution in [0.1, 0.15) is 49.1 Å². The third kappa shape index (κ3) is 3.89. The molecule has 0 radical (unpaired) electrons. The van der Waals surface area contributed by atoms with Crippen LogP contribution in [-0.2, 0) is 6.42 Å². The zero-order chi connectivity index (χ0) is 21.5. The number of nitrogens with zero attached hydrogens (tertiary/aromatic N) is 1. The first-order valence-electron chi connectivity index (χ1n) is 11.4. The number of non-ortho nitro benzene ring substituents is 1. The highest BCUT2D eigenvalue weighted by Crippen LogP contribution is 2.55. The van der Waals surface area contributed by atoms with Gasteiger partial charge in [-0.25, -0.2) is 0 Å². The predicted octanol–water partition coefficient (Wildman–Crippen LogP) is 6.16. The van der Waals surface area contributed by atoms with Crippen molar-refractivity contribution in [2.24, 2.45) is 17.8 Å². The highest BCUT2D eigenvalue weighted by molar-refractivity contribution is 6.20. The minimum atomic E-state index is -0.354. The number of nitro groups is 1. The zero-order valence-electron chi connectivity index (χ0n) is 17.8. The normalized spacial score (nSPS) is 31.7. The van der Waals surface area contributed by atoms with E-state index >= 15 is 0 Å². The van der Waals surface area contributed by atoms with Gasteiger partial charge in [0.15, 0.2) is 0 Å². The van der Waals surface area contributed by atoms with E-state index < -0.39 is 0 Å². The van der Waals surface area contributed by atoms with Gasteiger partial charge in [0.2, 0.25) is 0 Å². The summed E-state index contributed by atoms with van der Waals surface area (Å²) in [6.07, 6.45) is 6.80. The largest absolute Gasteiger partial charge is 0.497 e. The van der Waals surface area contributed by atoms with Gasteiger partial charge in [-0.1, -0.05) is 6.07 Å². The van der Waals surface area contributed by atoms with Crippen LogP contribution in [-0.4, -0.2) is 23.5 Å². The number of benzene rings is 2. The number of nitrogens with one attached hydrogen (secondary N) is 1. The Kier molecular flexibility index (Phi) is 5.55. The molecule has 0 aliphatic heterocycles. The molecule has 0 heterocycles. The summed E-state index contributed by atoms with van der Waals surface area (Å²) in [5.74, 6) is 3.49. The van der Waals surface area contributed by atoms with Gasteiger partial charge in [-0.3, -0.25) is 10.1 Å². The topological polar surface area (TPSA) is 64.4 Å². The fourth-order valence-electron chi connectivity index (χ4n) is 6.58. The highest BCUT2D eigenvalue weighted by Gasteiger charge is 2.48. The molecular formula is C25H29ClN2O3. The monoisotopic (exact) mass is 440 g/mol. The summed E-state index contributed by atoms with van der Waals surface area (Å²) in [6.45, 7) is 0. The highest BCUT2D eigenvalue weighted by atomic mass is 35.5. The van der Waals surface area contributed by atoms with E-state index in [0.717, 1.165) is 30.7 Å². The van der Waals surface area contributed by atoms with Gasteiger partial charge in [0.25, 0.3) is 5.69 Å². The molecule has 6 atom stereocenters. The van der Waals surface area contributed by atoms with E-state index in [0.29, 0.717) is 29.7 Å². The molecule has 0 amide bonds. The summed E-state index contributed by atoms with van der Waals surface area (Å²) >= 11 is 6.79. The Morgan fingerprint density at radius 2 is 1.84 bits per heavy atom. The van der Waals surface area contributed by atoms with Gasteiger partial charge < -0.3 is 10.1 Å². The maximum atomic E-state index is 11.0. The van der Waals surface area contributed by atoms with Crippen LogP contribution < -0.4 is 10.1 Å². The second-order valence-corrected chi connectivity index (χ2v) is 10.0. The van der Waals surface area contributed by atoms with Gasteiger partial charge in [0.1, 0.15) is 5.75 Å². The third-order valence-electron chi connectivity index (χ3n) is 7.91. The van der Waals surface area contributed by atoms with Gasteiger partial charge in [-0.15, -0.1) is 11.6 Å². The molecule has 2 fully saturated rings. The maximum Gasteiger partial charge on any atom is 0.269 e. The lowest BCUT2D eigenvalue weighted by Crippen LogP contribution is -2.48. The van der Waals surface area contributed by atoms with Crippen LogP contribution in [0.2, 0.25) is 0 Å². The van der Waals surface area contributed by atoms with Crippen molar-refractivity contribution in [1.82, 2.24) is 0 Å². The van der Waals surface area contributed by atoms with Crippen molar-refractivity contribution in [1.29, 1.82) is 0 Å². The van der Waals surface area contributed by atoms with Crippen LogP contribution >= 0.6 is 11.6 Å². The number of fused-ring (bicyclic) bond motifs is 5. The van der Waals surface area contributed by atoms with E-state index in [1.54, 1.807) is 19.2 Å². The van der Waals surface area contributed by atoms with Gasteiger partial charge in [0.05, 0.1) is 12.0 Å². The number of aryl methyl sites for hydroxylation is 1. The molecule has 1 N–H and O–H groups in total. The van der Waals surface area contributed by atoms with E-state index in [2.05, 4.69) is 23.5 Å². The van der Waals surface area contributed by atoms with Crippen LogP contribution in [0.3, 0.4) is 0 Å². The Morgan fingerprint density at radius 3 is 2.58 bits per heavy atom. The van der Waals surface area contributed by atoms with Crippen molar-refractivity contribution in [2.75, 3.05) is 12.4 Å². The molecule has 31 heavy (non-hydrogen) atoms. The lowest BCUT2D eigenvalue weighted by Gasteiger charge is -2.52. The van der Waals surface area contributed by atoms with Gasteiger partial charge in [-0.05, 0) is 97.6 Å². The van der Waals surface area contributed by atoms with Crippen LogP contribution in [0.5, 0.6) is 5.75 Å². The molecule has 2 aromatic carbocycles. The van der Waals surface area contributed by atoms with Crippen LogP contribution in [0, 0.1) is 27.9 Å². The van der Waals surface area contributed by atoms with Crippen LogP contribution in [0.4, 0.5) is 11.4 Å². The van der Waals surface area contributed by atoms with Gasteiger partial charge >= 0.3 is 0 Å². The smallest absolute Gasteiger partial charge is 0.269 e. The predicted molar refractivity (Wildman–Crippen MR) is 123 cm³/mol. The Balaban J connectivity index is 1.36. The number of alkyl halides is 1. The molecule has 0 aromatic heterocycles. The van der Waals surface area contributed by atoms with E-state index in [1.807, 2.05) is 12.1 Å². The van der Waals surface area contributed by atoms with Crippen molar-refractivity contribution in [2.45, 2.75) is 55.9 Å². The summed E-state index contributed by atoms with van der Waals surface area (Å²) in [7, 11) is 1.74. The van der Waals surface area contributed by atoms with Crippen molar-refractivity contribution in [3.63, 3.8) is 0 Å². The number of hydrogen-bond acceptors (Lipinski definition) is 4. The molecule has 0 spiro atoms. The number of rotatable bonds is 4. The molecule has 3 aliphatic rings. The first kappa shape index (κ1) is 20.6. The number of methoxy groups -OCH3 is 1. The minimum absolute atomic E-state index is 0.125. The van der Waals surface area contributed by atoms with E-state index in [4.69, 9.17) is 16.3 Å². The summed E-state index contributed by atoms with van der Waals surface area (Å²) in [5.41, 5.74) is 4.05. The molecule has 0 saturated heterocycles.